The van der Waals surface area contributed by atoms with Gasteiger partial charge in [-0.3, -0.25) is 4.79 Å². The number of carbonyl (C=O) groups is 1. The molecule has 0 atom stereocenters. The van der Waals surface area contributed by atoms with E-state index in [0.29, 0.717) is 0 Å². The van der Waals surface area contributed by atoms with Crippen molar-refractivity contribution in [2.24, 2.45) is 0 Å². The number of benzene rings is 1. The number of nitrogens with zero attached hydrogens (tertiary/aromatic N) is 1. The summed E-state index contributed by atoms with van der Waals surface area (Å²) in [5.74, 6) is 0.122. The average Bonchev–Trinajstić information content (AvgIpc) is 2.30. The molecule has 1 aromatic rings. The van der Waals surface area contributed by atoms with E-state index in [1.807, 2.05) is 18.2 Å². The summed E-state index contributed by atoms with van der Waals surface area (Å²) in [5, 5.41) is 0. The zero-order valence-electron chi connectivity index (χ0n) is 9.82. The molecule has 1 aliphatic heterocycles. The summed E-state index contributed by atoms with van der Waals surface area (Å²) < 4.78 is 5.33. The molecule has 0 unspecified atom stereocenters. The highest BCUT2D eigenvalue weighted by atomic mass is 16.5. The number of anilines is 1. The van der Waals surface area contributed by atoms with E-state index in [-0.39, 0.29) is 5.78 Å². The topological polar surface area (TPSA) is 29.5 Å². The number of aryl methyl sites for hydroxylation is 1. The summed E-state index contributed by atoms with van der Waals surface area (Å²) in [7, 11) is 0. The maximum absolute atomic E-state index is 11.3. The van der Waals surface area contributed by atoms with Crippen LogP contribution in [0.2, 0.25) is 0 Å². The van der Waals surface area contributed by atoms with Crippen molar-refractivity contribution < 1.29 is 9.53 Å². The zero-order valence-corrected chi connectivity index (χ0v) is 9.82. The standard InChI is InChI=1S/C13H17NO2/c1-10-9-12(11(2)15)3-4-13(10)14-5-7-16-8-6-14/h3-4,9H,5-8H2,1-2H3. The van der Waals surface area contributed by atoms with Gasteiger partial charge in [0.2, 0.25) is 0 Å². The molecule has 86 valence electrons. The quantitative estimate of drug-likeness (QED) is 0.713. The molecular weight excluding hydrogens is 202 g/mol. The molecule has 1 aliphatic rings. The number of carbonyl (C=O) groups excluding carboxylic acids is 1. The van der Waals surface area contributed by atoms with Gasteiger partial charge in [0.05, 0.1) is 13.2 Å². The van der Waals surface area contributed by atoms with Crippen molar-refractivity contribution in [3.8, 4) is 0 Å². The predicted octanol–water partition coefficient (Wildman–Crippen LogP) is 2.03. The van der Waals surface area contributed by atoms with Crippen molar-refractivity contribution in [1.29, 1.82) is 0 Å². The summed E-state index contributed by atoms with van der Waals surface area (Å²) in [6, 6.07) is 5.91. The van der Waals surface area contributed by atoms with Crippen LogP contribution < -0.4 is 4.90 Å². The SMILES string of the molecule is CC(=O)c1ccc(N2CCOCC2)c(C)c1. The first-order valence-corrected chi connectivity index (χ1v) is 5.63. The Hall–Kier alpha value is -1.35. The van der Waals surface area contributed by atoms with Gasteiger partial charge in [0.15, 0.2) is 5.78 Å². The van der Waals surface area contributed by atoms with E-state index >= 15 is 0 Å². The van der Waals surface area contributed by atoms with Crippen LogP contribution >= 0.6 is 0 Å². The van der Waals surface area contributed by atoms with Gasteiger partial charge < -0.3 is 9.64 Å². The summed E-state index contributed by atoms with van der Waals surface area (Å²) >= 11 is 0. The first-order valence-electron chi connectivity index (χ1n) is 5.63. The van der Waals surface area contributed by atoms with Gasteiger partial charge >= 0.3 is 0 Å². The molecule has 0 saturated carbocycles. The van der Waals surface area contributed by atoms with E-state index in [4.69, 9.17) is 4.74 Å². The van der Waals surface area contributed by atoms with Crippen molar-refractivity contribution in [3.05, 3.63) is 29.3 Å². The van der Waals surface area contributed by atoms with Crippen LogP contribution in [0, 0.1) is 6.92 Å². The fourth-order valence-electron chi connectivity index (χ4n) is 2.03. The first-order chi connectivity index (χ1) is 7.68. The van der Waals surface area contributed by atoms with Crippen LogP contribution in [0.15, 0.2) is 18.2 Å². The van der Waals surface area contributed by atoms with Crippen LogP contribution in [0.4, 0.5) is 5.69 Å². The Kier molecular flexibility index (Phi) is 3.25. The molecule has 0 bridgehead atoms. The number of morpholine rings is 1. The minimum atomic E-state index is 0.122. The van der Waals surface area contributed by atoms with Crippen LogP contribution in [0.5, 0.6) is 0 Å². The number of ether oxygens (including phenoxy) is 1. The number of Topliss-reactive ketones (excluding diaryl/α,β-unsaturated/α-hetero) is 1. The van der Waals surface area contributed by atoms with E-state index in [9.17, 15) is 4.79 Å². The Morgan fingerprint density at radius 3 is 2.56 bits per heavy atom. The van der Waals surface area contributed by atoms with Gasteiger partial charge in [0, 0.05) is 24.3 Å². The number of ketones is 1. The molecule has 1 saturated heterocycles. The van der Waals surface area contributed by atoms with Gasteiger partial charge in [-0.1, -0.05) is 0 Å². The second-order valence-corrected chi connectivity index (χ2v) is 4.16. The Bertz CT molecular complexity index is 395. The normalized spacial score (nSPS) is 16.2. The maximum atomic E-state index is 11.3. The lowest BCUT2D eigenvalue weighted by molar-refractivity contribution is 0.101. The van der Waals surface area contributed by atoms with Crippen LogP contribution in [-0.4, -0.2) is 32.1 Å². The van der Waals surface area contributed by atoms with Crippen LogP contribution in [0.25, 0.3) is 0 Å². The molecule has 2 rings (SSSR count). The third kappa shape index (κ3) is 2.25. The Balaban J connectivity index is 2.24. The summed E-state index contributed by atoms with van der Waals surface area (Å²) in [6.07, 6.45) is 0. The lowest BCUT2D eigenvalue weighted by Gasteiger charge is -2.30. The molecule has 0 spiro atoms. The molecule has 0 amide bonds. The molecule has 3 nitrogen and oxygen atoms in total. The van der Waals surface area contributed by atoms with Crippen molar-refractivity contribution in [2.75, 3.05) is 31.2 Å². The highest BCUT2D eigenvalue weighted by Gasteiger charge is 2.13. The molecule has 3 heteroatoms. The van der Waals surface area contributed by atoms with E-state index in [1.54, 1.807) is 6.92 Å². The first kappa shape index (κ1) is 11.1. The third-order valence-corrected chi connectivity index (χ3v) is 2.96. The molecule has 1 fully saturated rings. The molecule has 0 aliphatic carbocycles. The van der Waals surface area contributed by atoms with Crippen LogP contribution in [0.1, 0.15) is 22.8 Å². The number of hydrogen-bond donors (Lipinski definition) is 0. The minimum absolute atomic E-state index is 0.122. The Labute approximate surface area is 96.0 Å². The van der Waals surface area contributed by atoms with Crippen molar-refractivity contribution in [2.45, 2.75) is 13.8 Å². The van der Waals surface area contributed by atoms with Crippen LogP contribution in [0.3, 0.4) is 0 Å². The maximum Gasteiger partial charge on any atom is 0.159 e. The highest BCUT2D eigenvalue weighted by molar-refractivity contribution is 5.94. The minimum Gasteiger partial charge on any atom is -0.378 e. The molecule has 16 heavy (non-hydrogen) atoms. The van der Waals surface area contributed by atoms with E-state index in [0.717, 1.165) is 37.4 Å². The number of rotatable bonds is 2. The molecule has 1 aromatic carbocycles. The Morgan fingerprint density at radius 1 is 1.31 bits per heavy atom. The van der Waals surface area contributed by atoms with Gasteiger partial charge in [-0.2, -0.15) is 0 Å². The zero-order chi connectivity index (χ0) is 11.5. The molecular formula is C13H17NO2. The van der Waals surface area contributed by atoms with E-state index < -0.39 is 0 Å². The second-order valence-electron chi connectivity index (χ2n) is 4.16. The van der Waals surface area contributed by atoms with Gasteiger partial charge in [0.25, 0.3) is 0 Å². The Morgan fingerprint density at radius 2 is 2.00 bits per heavy atom. The van der Waals surface area contributed by atoms with Gasteiger partial charge in [0.1, 0.15) is 0 Å². The average molecular weight is 219 g/mol. The lowest BCUT2D eigenvalue weighted by Crippen LogP contribution is -2.36. The van der Waals surface area contributed by atoms with Crippen LogP contribution in [-0.2, 0) is 4.74 Å². The van der Waals surface area contributed by atoms with Gasteiger partial charge in [-0.05, 0) is 37.6 Å². The summed E-state index contributed by atoms with van der Waals surface area (Å²) in [5.41, 5.74) is 3.16. The van der Waals surface area contributed by atoms with Crippen molar-refractivity contribution in [1.82, 2.24) is 0 Å². The smallest absolute Gasteiger partial charge is 0.159 e. The molecule has 0 radical (unpaired) electrons. The molecule has 0 aromatic heterocycles. The second kappa shape index (κ2) is 4.66. The van der Waals surface area contributed by atoms with Gasteiger partial charge in [-0.25, -0.2) is 0 Å². The molecule has 1 heterocycles. The highest BCUT2D eigenvalue weighted by Crippen LogP contribution is 2.22. The largest absolute Gasteiger partial charge is 0.378 e. The van der Waals surface area contributed by atoms with E-state index in [2.05, 4.69) is 11.8 Å². The fraction of sp³-hybridized carbons (Fsp3) is 0.462. The predicted molar refractivity (Wildman–Crippen MR) is 64.2 cm³/mol. The summed E-state index contributed by atoms with van der Waals surface area (Å²) in [4.78, 5) is 13.6. The summed E-state index contributed by atoms with van der Waals surface area (Å²) in [6.45, 7) is 7.09. The van der Waals surface area contributed by atoms with Crippen molar-refractivity contribution >= 4 is 11.5 Å². The third-order valence-electron chi connectivity index (χ3n) is 2.96. The lowest BCUT2D eigenvalue weighted by atomic mass is 10.1. The van der Waals surface area contributed by atoms with E-state index in [1.165, 1.54) is 5.69 Å². The fourth-order valence-corrected chi connectivity index (χ4v) is 2.03. The van der Waals surface area contributed by atoms with Crippen molar-refractivity contribution in [3.63, 3.8) is 0 Å². The van der Waals surface area contributed by atoms with Gasteiger partial charge in [-0.15, -0.1) is 0 Å². The number of hydrogen-bond acceptors (Lipinski definition) is 3. The monoisotopic (exact) mass is 219 g/mol. The molecule has 0 N–H and O–H groups in total.